The van der Waals surface area contributed by atoms with Crippen LogP contribution in [0.1, 0.15) is 104 Å². The molecule has 51 heavy (non-hydrogen) atoms. The Morgan fingerprint density at radius 3 is 0.333 bits per heavy atom. The van der Waals surface area contributed by atoms with E-state index in [9.17, 15) is 0 Å². The molecule has 0 rings (SSSR count). The van der Waals surface area contributed by atoms with Crippen molar-refractivity contribution in [2.45, 2.75) is 104 Å². The van der Waals surface area contributed by atoms with E-state index >= 15 is 0 Å². The quantitative estimate of drug-likeness (QED) is 0.0440. The molecule has 0 unspecified atom stereocenters. The summed E-state index contributed by atoms with van der Waals surface area (Å²) < 4.78 is 109. The Bertz CT molecular complexity index is 662. The molecule has 0 aromatic heterocycles. The summed E-state index contributed by atoms with van der Waals surface area (Å²) in [5.74, 6) is 0. The Morgan fingerprint density at radius 1 is 0.196 bits per heavy atom. The van der Waals surface area contributed by atoms with Gasteiger partial charge >= 0.3 is 314 Å². The molecule has 0 saturated heterocycles. The number of rotatable bonds is 35. The first kappa shape index (κ1) is 53.1. The molecule has 15 nitrogen and oxygen atoms in total. The first-order valence-electron chi connectivity index (χ1n) is 18.9. The van der Waals surface area contributed by atoms with Crippen LogP contribution in [0.2, 0.25) is 0 Å². The van der Waals surface area contributed by atoms with Gasteiger partial charge in [-0.2, -0.15) is 0 Å². The van der Waals surface area contributed by atoms with Gasteiger partial charge in [-0.1, -0.05) is 0 Å². The van der Waals surface area contributed by atoms with E-state index in [2.05, 4.69) is 0 Å². The molecule has 0 saturated carbocycles. The first-order chi connectivity index (χ1) is 24.5. The molecule has 0 aromatic carbocycles. The molecule has 0 aliphatic rings. The predicted octanol–water partition coefficient (Wildman–Crippen LogP) is 10.3. The van der Waals surface area contributed by atoms with Gasteiger partial charge in [0.1, 0.15) is 0 Å². The van der Waals surface area contributed by atoms with Crippen LogP contribution >= 0.6 is 33.2 Å². The van der Waals surface area contributed by atoms with Crippen LogP contribution in [0.5, 0.6) is 0 Å². The van der Waals surface area contributed by atoms with Crippen molar-refractivity contribution in [2.75, 3.05) is 99.1 Å². The molecule has 0 radical (unpaired) electrons. The molecule has 0 aliphatic carbocycles. The van der Waals surface area contributed by atoms with Crippen molar-refractivity contribution < 1.29 is 77.4 Å². The minimum absolute atomic E-state index is 0.111. The van der Waals surface area contributed by atoms with Gasteiger partial charge in [0.2, 0.25) is 0 Å². The van der Waals surface area contributed by atoms with E-state index in [0.717, 1.165) is 0 Å². The van der Waals surface area contributed by atoms with Crippen LogP contribution in [0.3, 0.4) is 0 Å². The Balaban J connectivity index is 11.3. The molecule has 0 spiro atoms. The zero-order chi connectivity index (χ0) is 39.2. The Labute approximate surface area is 312 Å². The molecule has 0 fully saturated rings. The second kappa shape index (κ2) is 26.1. The molecule has 21 heteroatoms. The van der Waals surface area contributed by atoms with Crippen LogP contribution in [0.4, 0.5) is 0 Å². The standard InChI is InChI=1S/5C6H16O3P.Fe/c5*1-4-7-10(8-5-2)9-6-3;/h5*10H,4-6H2,1-3H3;/q5*+1;-5. The Morgan fingerprint density at radius 2 is 0.275 bits per heavy atom. The summed E-state index contributed by atoms with van der Waals surface area (Å²) in [7, 11) is -6.04. The van der Waals surface area contributed by atoms with E-state index < -0.39 is 42.7 Å². The van der Waals surface area contributed by atoms with Crippen molar-refractivity contribution in [3.8, 4) is 0 Å². The summed E-state index contributed by atoms with van der Waals surface area (Å²) in [4.78, 5) is 0. The van der Waals surface area contributed by atoms with Gasteiger partial charge in [-0.25, -0.2) is 0 Å². The molecule has 0 aromatic rings. The van der Waals surface area contributed by atoms with Gasteiger partial charge in [0.05, 0.1) is 0 Å². The Kier molecular flexibility index (Phi) is 27.2. The SMILES string of the molecule is CCO[PH](OCC)(OCC)[Fe]([PH](OCC)(OCC)OCC)([PH](OCC)(OCC)OCC)([PH](OCC)(OCC)OCC)[PH](OCC)(OCC)OCC. The molecule has 0 N–H and O–H groups in total. The zero-order valence-corrected chi connectivity index (χ0v) is 40.7. The monoisotopic (exact) mass is 891 g/mol. The van der Waals surface area contributed by atoms with Gasteiger partial charge in [-0.05, 0) is 0 Å². The zero-order valence-electron chi connectivity index (χ0n) is 34.6. The summed E-state index contributed by atoms with van der Waals surface area (Å²) >= 11 is 0. The van der Waals surface area contributed by atoms with E-state index in [1.54, 1.807) is 0 Å². The Hall–Kier alpha value is 2.07. The summed E-state index contributed by atoms with van der Waals surface area (Å²) in [6.07, 6.45) is 0. The van der Waals surface area contributed by atoms with Gasteiger partial charge in [0.15, 0.2) is 0 Å². The van der Waals surface area contributed by atoms with Gasteiger partial charge in [-0.15, -0.1) is 0 Å². The van der Waals surface area contributed by atoms with Crippen molar-refractivity contribution in [2.24, 2.45) is 0 Å². The maximum absolute atomic E-state index is 7.30. The summed E-state index contributed by atoms with van der Waals surface area (Å²) in [5.41, 5.74) is 0. The third-order valence-electron chi connectivity index (χ3n) is 6.86. The summed E-state index contributed by atoms with van der Waals surface area (Å²) in [6, 6.07) is 0. The first-order valence-corrected chi connectivity index (χ1v) is 35.1. The van der Waals surface area contributed by atoms with Crippen molar-refractivity contribution in [3.05, 3.63) is 0 Å². The van der Waals surface area contributed by atoms with Crippen LogP contribution in [0, 0.1) is 0 Å². The van der Waals surface area contributed by atoms with Crippen LogP contribution in [0.15, 0.2) is 0 Å². The van der Waals surface area contributed by atoms with Gasteiger partial charge in [0.25, 0.3) is 0 Å². The van der Waals surface area contributed by atoms with Crippen LogP contribution in [0.25, 0.3) is 0 Å². The van der Waals surface area contributed by atoms with Crippen molar-refractivity contribution in [1.82, 2.24) is 0 Å². The fourth-order valence-corrected chi connectivity index (χ4v) is 123. The van der Waals surface area contributed by atoms with Crippen molar-refractivity contribution in [3.63, 3.8) is 0 Å². The fraction of sp³-hybridized carbons (Fsp3) is 1.00. The molecular formula is C30H80FeO15P5. The number of hydrogen-bond acceptors (Lipinski definition) is 15. The molecular weight excluding hydrogens is 811 g/mol. The molecule has 0 amide bonds. The van der Waals surface area contributed by atoms with Crippen LogP contribution < -0.4 is 0 Å². The van der Waals surface area contributed by atoms with Crippen molar-refractivity contribution >= 4 is 33.2 Å². The maximum atomic E-state index is 7.30. The average Bonchev–Trinajstić information content (AvgIpc) is 3.07. The third-order valence-corrected chi connectivity index (χ3v) is 102. The minimum atomic E-state index is -6.04. The van der Waals surface area contributed by atoms with Gasteiger partial charge in [-0.3, -0.25) is 0 Å². The fourth-order valence-electron chi connectivity index (χ4n) is 6.01. The average molecular weight is 892 g/mol. The van der Waals surface area contributed by atoms with Crippen LogP contribution in [-0.4, -0.2) is 99.1 Å². The van der Waals surface area contributed by atoms with Gasteiger partial charge in [0, 0.05) is 0 Å². The molecule has 0 atom stereocenters. The van der Waals surface area contributed by atoms with E-state index in [1.165, 1.54) is 0 Å². The van der Waals surface area contributed by atoms with Crippen molar-refractivity contribution in [1.29, 1.82) is 0 Å². The van der Waals surface area contributed by atoms with E-state index in [1.807, 2.05) is 104 Å². The molecule has 0 bridgehead atoms. The normalized spacial score (nSPS) is 16.2. The second-order valence-corrected chi connectivity index (χ2v) is 60.8. The topological polar surface area (TPSA) is 138 Å². The molecule has 323 valence electrons. The van der Waals surface area contributed by atoms with E-state index in [4.69, 9.17) is 67.9 Å². The molecule has 0 aliphatic heterocycles. The summed E-state index contributed by atoms with van der Waals surface area (Å²) in [5, 5.41) is 0. The van der Waals surface area contributed by atoms with Crippen LogP contribution in [-0.2, 0) is 77.4 Å². The summed E-state index contributed by atoms with van der Waals surface area (Å²) in [6.45, 7) is 5.67. The number of hydrogen-bond donors (Lipinski definition) is 0. The molecule has 0 heterocycles. The van der Waals surface area contributed by atoms with Gasteiger partial charge < -0.3 is 0 Å². The van der Waals surface area contributed by atoms with E-state index in [-0.39, 0.29) is 99.1 Å². The third kappa shape index (κ3) is 8.76. The predicted molar refractivity (Wildman–Crippen MR) is 216 cm³/mol. The second-order valence-electron chi connectivity index (χ2n) is 9.71. The van der Waals surface area contributed by atoms with E-state index in [0.29, 0.717) is 0 Å².